The van der Waals surface area contributed by atoms with Crippen LogP contribution in [0.1, 0.15) is 65.7 Å². The minimum atomic E-state index is -0.980. The minimum absolute atomic E-state index is 0.146. The van der Waals surface area contributed by atoms with Gasteiger partial charge in [-0.05, 0) is 70.2 Å². The summed E-state index contributed by atoms with van der Waals surface area (Å²) in [4.78, 5) is 44.8. The average molecular weight is 529 g/mol. The molecule has 5 atom stereocenters. The van der Waals surface area contributed by atoms with Crippen molar-refractivity contribution in [3.63, 3.8) is 0 Å². The van der Waals surface area contributed by atoms with Crippen LogP contribution in [0.5, 0.6) is 0 Å². The number of likely N-dealkylation sites (tertiary alicyclic amines) is 1. The van der Waals surface area contributed by atoms with E-state index in [2.05, 4.69) is 29.4 Å². The number of anilines is 2. The van der Waals surface area contributed by atoms with Gasteiger partial charge in [0.05, 0.1) is 17.9 Å². The van der Waals surface area contributed by atoms with E-state index in [0.717, 1.165) is 50.9 Å². The monoisotopic (exact) mass is 528 g/mol. The number of aliphatic hydroxyl groups excluding tert-OH is 1. The maximum absolute atomic E-state index is 13.9. The second-order valence-corrected chi connectivity index (χ2v) is 10.7. The van der Waals surface area contributed by atoms with Crippen LogP contribution in [0.15, 0.2) is 24.3 Å². The van der Waals surface area contributed by atoms with Crippen LogP contribution in [0.4, 0.5) is 11.4 Å². The van der Waals surface area contributed by atoms with Gasteiger partial charge < -0.3 is 30.3 Å². The Kier molecular flexibility index (Phi) is 9.31. The Labute approximate surface area is 226 Å². The van der Waals surface area contributed by atoms with Crippen LogP contribution >= 0.6 is 0 Å². The van der Waals surface area contributed by atoms with E-state index in [9.17, 15) is 14.4 Å². The molecular weight excluding hydrogens is 484 g/mol. The number of carbonyl (C=O) groups excluding carboxylic acids is 3. The maximum atomic E-state index is 13.9. The molecule has 210 valence electrons. The molecular formula is C29H44N4O5. The lowest BCUT2D eigenvalue weighted by molar-refractivity contribution is -0.140. The largest absolute Gasteiger partial charge is 0.396 e. The number of benzene rings is 1. The zero-order valence-electron chi connectivity index (χ0n) is 23.1. The number of carbonyl (C=O) groups is 3. The molecule has 3 saturated heterocycles. The van der Waals surface area contributed by atoms with Crippen LogP contribution in [0.25, 0.3) is 0 Å². The van der Waals surface area contributed by atoms with Crippen LogP contribution in [0.3, 0.4) is 0 Å². The summed E-state index contributed by atoms with van der Waals surface area (Å²) >= 11 is 0. The van der Waals surface area contributed by atoms with Gasteiger partial charge in [-0.15, -0.1) is 0 Å². The van der Waals surface area contributed by atoms with Crippen LogP contribution in [0, 0.1) is 11.8 Å². The number of hydrogen-bond acceptors (Lipinski definition) is 6. The predicted octanol–water partition coefficient (Wildman–Crippen LogP) is 2.92. The van der Waals surface area contributed by atoms with Gasteiger partial charge >= 0.3 is 0 Å². The average Bonchev–Trinajstić information content (AvgIpc) is 3.56. The maximum Gasteiger partial charge on any atom is 0.250 e. The van der Waals surface area contributed by atoms with Gasteiger partial charge in [0.2, 0.25) is 17.7 Å². The van der Waals surface area contributed by atoms with E-state index in [0.29, 0.717) is 31.6 Å². The van der Waals surface area contributed by atoms with Crippen molar-refractivity contribution in [3.05, 3.63) is 24.3 Å². The first-order chi connectivity index (χ1) is 18.4. The van der Waals surface area contributed by atoms with Crippen molar-refractivity contribution in [2.45, 2.75) is 83.5 Å². The normalized spacial score (nSPS) is 27.5. The van der Waals surface area contributed by atoms with E-state index < -0.39 is 23.5 Å². The number of aliphatic hydroxyl groups is 1. The van der Waals surface area contributed by atoms with E-state index in [1.165, 1.54) is 0 Å². The standard InChI is InChI=1S/C29H44N4O5/c1-4-17-30-26(35)23-22-15-16-29(38-22)24(23)28(37)33(18-9-7-8-10-19-34)25(29)27(36)31-20-11-13-21(14-12-20)32(5-2)6-3/h11-14,22-25,34H,4-10,15-19H2,1-3H3,(H,30,35)(H,31,36)/t22-,23+,24+,25?,29?/m1/s1. The number of rotatable bonds is 14. The van der Waals surface area contributed by atoms with Crippen LogP contribution in [-0.4, -0.2) is 78.3 Å². The lowest BCUT2D eigenvalue weighted by atomic mass is 9.70. The molecule has 1 spiro atoms. The molecule has 0 saturated carbocycles. The number of nitrogens with zero attached hydrogens (tertiary/aromatic N) is 2. The molecule has 0 aliphatic carbocycles. The molecule has 2 bridgehead atoms. The molecule has 3 fully saturated rings. The summed E-state index contributed by atoms with van der Waals surface area (Å²) in [5, 5.41) is 15.1. The van der Waals surface area contributed by atoms with Crippen LogP contribution in [-0.2, 0) is 19.1 Å². The summed E-state index contributed by atoms with van der Waals surface area (Å²) in [5.74, 6) is -1.76. The first-order valence-corrected chi connectivity index (χ1v) is 14.4. The fourth-order valence-corrected chi connectivity index (χ4v) is 6.66. The second kappa shape index (κ2) is 12.5. The smallest absolute Gasteiger partial charge is 0.250 e. The molecule has 3 N–H and O–H groups in total. The van der Waals surface area contributed by atoms with Gasteiger partial charge in [0.15, 0.2) is 0 Å². The number of ether oxygens (including phenoxy) is 1. The topological polar surface area (TPSA) is 111 Å². The molecule has 1 aromatic rings. The van der Waals surface area contributed by atoms with Crippen molar-refractivity contribution in [1.29, 1.82) is 0 Å². The Hall–Kier alpha value is -2.65. The fourth-order valence-electron chi connectivity index (χ4n) is 6.66. The highest BCUT2D eigenvalue weighted by molar-refractivity contribution is 6.03. The van der Waals surface area contributed by atoms with E-state index in [1.807, 2.05) is 31.2 Å². The van der Waals surface area contributed by atoms with Gasteiger partial charge in [0, 0.05) is 44.2 Å². The highest BCUT2D eigenvalue weighted by Gasteiger charge is 2.74. The number of amides is 3. The van der Waals surface area contributed by atoms with E-state index in [1.54, 1.807) is 4.90 Å². The lowest BCUT2D eigenvalue weighted by Crippen LogP contribution is -2.53. The molecule has 3 amide bonds. The minimum Gasteiger partial charge on any atom is -0.396 e. The molecule has 9 nitrogen and oxygen atoms in total. The molecule has 0 aromatic heterocycles. The molecule has 3 heterocycles. The lowest BCUT2D eigenvalue weighted by Gasteiger charge is -2.33. The highest BCUT2D eigenvalue weighted by atomic mass is 16.5. The Balaban J connectivity index is 1.57. The summed E-state index contributed by atoms with van der Waals surface area (Å²) in [6, 6.07) is 6.99. The van der Waals surface area contributed by atoms with Crippen molar-refractivity contribution < 1.29 is 24.2 Å². The molecule has 38 heavy (non-hydrogen) atoms. The zero-order valence-corrected chi connectivity index (χ0v) is 23.1. The molecule has 4 rings (SSSR count). The summed E-state index contributed by atoms with van der Waals surface area (Å²) in [7, 11) is 0. The Morgan fingerprint density at radius 3 is 2.45 bits per heavy atom. The van der Waals surface area contributed by atoms with E-state index in [4.69, 9.17) is 9.84 Å². The van der Waals surface area contributed by atoms with Gasteiger partial charge in [-0.25, -0.2) is 0 Å². The molecule has 3 aliphatic rings. The SMILES string of the molecule is CCCNC(=O)[C@@H]1[C@H]2C(=O)N(CCCCCCO)C(C(=O)Nc3ccc(N(CC)CC)cc3)C23CC[C@H]1O3. The predicted molar refractivity (Wildman–Crippen MR) is 147 cm³/mol. The van der Waals surface area contributed by atoms with Gasteiger partial charge in [-0.3, -0.25) is 14.4 Å². The fraction of sp³-hybridized carbons (Fsp3) is 0.690. The second-order valence-electron chi connectivity index (χ2n) is 10.7. The number of nitrogens with one attached hydrogen (secondary N) is 2. The molecule has 3 aliphatic heterocycles. The Morgan fingerprint density at radius 2 is 1.79 bits per heavy atom. The van der Waals surface area contributed by atoms with Crippen molar-refractivity contribution >= 4 is 29.1 Å². The summed E-state index contributed by atoms with van der Waals surface area (Å²) in [5.41, 5.74) is 0.781. The van der Waals surface area contributed by atoms with Crippen molar-refractivity contribution in [1.82, 2.24) is 10.2 Å². The summed E-state index contributed by atoms with van der Waals surface area (Å²) < 4.78 is 6.47. The van der Waals surface area contributed by atoms with E-state index >= 15 is 0 Å². The van der Waals surface area contributed by atoms with Crippen molar-refractivity contribution in [3.8, 4) is 0 Å². The third-order valence-corrected chi connectivity index (χ3v) is 8.47. The highest BCUT2D eigenvalue weighted by Crippen LogP contribution is 2.58. The molecule has 2 unspecified atom stereocenters. The van der Waals surface area contributed by atoms with Crippen LogP contribution < -0.4 is 15.5 Å². The molecule has 1 aromatic carbocycles. The van der Waals surface area contributed by atoms with E-state index in [-0.39, 0.29) is 30.4 Å². The first-order valence-electron chi connectivity index (χ1n) is 14.4. The van der Waals surface area contributed by atoms with Gasteiger partial charge in [-0.1, -0.05) is 19.8 Å². The van der Waals surface area contributed by atoms with Gasteiger partial charge in [-0.2, -0.15) is 0 Å². The summed E-state index contributed by atoms with van der Waals surface area (Å²) in [6.45, 7) is 9.14. The number of unbranched alkanes of at least 4 members (excludes halogenated alkanes) is 3. The third-order valence-electron chi connectivity index (χ3n) is 8.47. The number of fused-ring (bicyclic) bond motifs is 1. The molecule has 0 radical (unpaired) electrons. The Bertz CT molecular complexity index is 982. The van der Waals surface area contributed by atoms with Gasteiger partial charge in [0.1, 0.15) is 11.6 Å². The van der Waals surface area contributed by atoms with Crippen LogP contribution in [0.2, 0.25) is 0 Å². The third kappa shape index (κ3) is 5.27. The van der Waals surface area contributed by atoms with Gasteiger partial charge in [0.25, 0.3) is 0 Å². The quantitative estimate of drug-likeness (QED) is 0.320. The number of hydrogen-bond donors (Lipinski definition) is 3. The summed E-state index contributed by atoms with van der Waals surface area (Å²) in [6.07, 6.45) is 4.90. The zero-order chi connectivity index (χ0) is 27.3. The Morgan fingerprint density at radius 1 is 1.08 bits per heavy atom. The van der Waals surface area contributed by atoms with Crippen molar-refractivity contribution in [2.75, 3.05) is 43.0 Å². The molecule has 9 heteroatoms. The first kappa shape index (κ1) is 28.4. The van der Waals surface area contributed by atoms with Crippen molar-refractivity contribution in [2.24, 2.45) is 11.8 Å².